The molecule has 268 valence electrons. The number of hydrogen-bond acceptors (Lipinski definition) is 0. The molecule has 0 aromatic heterocycles. The minimum absolute atomic E-state index is 0.00112. The van der Waals surface area contributed by atoms with Crippen molar-refractivity contribution < 1.29 is 0 Å². The Labute approximate surface area is 295 Å². The summed E-state index contributed by atoms with van der Waals surface area (Å²) in [6.07, 6.45) is 1.06. The van der Waals surface area contributed by atoms with E-state index >= 15 is 0 Å². The fraction of sp³-hybridized carbons (Fsp3) is 0.745. The van der Waals surface area contributed by atoms with E-state index in [9.17, 15) is 0 Å². The van der Waals surface area contributed by atoms with Gasteiger partial charge in [0, 0.05) is 5.92 Å². The molecule has 0 aliphatic rings. The molecule has 1 unspecified atom stereocenters. The van der Waals surface area contributed by atoms with E-state index in [0.717, 1.165) is 6.42 Å². The summed E-state index contributed by atoms with van der Waals surface area (Å²) in [5.41, 5.74) is 15.6. The monoisotopic (exact) mass is 645 g/mol. The summed E-state index contributed by atoms with van der Waals surface area (Å²) >= 11 is 0. The van der Waals surface area contributed by atoms with Crippen molar-refractivity contribution >= 4 is 0 Å². The van der Waals surface area contributed by atoms with Gasteiger partial charge in [0.25, 0.3) is 0 Å². The number of rotatable bonds is 3. The van der Waals surface area contributed by atoms with Gasteiger partial charge in [0.15, 0.2) is 0 Å². The Morgan fingerprint density at radius 1 is 0.340 bits per heavy atom. The molecular formula is C47H80. The van der Waals surface area contributed by atoms with Crippen molar-refractivity contribution in [2.75, 3.05) is 0 Å². The Kier molecular flexibility index (Phi) is 10.9. The minimum atomic E-state index is -0.0447. The van der Waals surface area contributed by atoms with E-state index in [1.165, 1.54) is 16.7 Å². The van der Waals surface area contributed by atoms with Gasteiger partial charge in [-0.1, -0.05) is 185 Å². The van der Waals surface area contributed by atoms with Gasteiger partial charge in [-0.25, -0.2) is 0 Å². The van der Waals surface area contributed by atoms with Crippen LogP contribution in [0.2, 0.25) is 0 Å². The molecule has 0 bridgehead atoms. The van der Waals surface area contributed by atoms with Crippen LogP contribution in [0.1, 0.15) is 241 Å². The summed E-state index contributed by atoms with van der Waals surface area (Å²) in [5, 5.41) is 0. The zero-order valence-electron chi connectivity index (χ0n) is 36.4. The molecule has 0 heterocycles. The van der Waals surface area contributed by atoms with E-state index in [2.05, 4.69) is 185 Å². The van der Waals surface area contributed by atoms with E-state index in [1.807, 2.05) is 0 Å². The van der Waals surface area contributed by atoms with Crippen molar-refractivity contribution in [3.63, 3.8) is 0 Å². The number of benzene rings is 2. The standard InChI is InChI=1S/C47H80/c1-26-30(33-31(41(5,6)7)27-29(40(2,3)4)28-32(33)42(8,9)10)34-35(43(11,12)13)37(45(17,18)19)39(47(23,24)25)38(46(20,21)22)36(34)44(14,15)16/h27-28,30H,26H2,1-25H3. The Bertz CT molecular complexity index is 1340. The van der Waals surface area contributed by atoms with Crippen molar-refractivity contribution in [2.45, 2.75) is 229 Å². The topological polar surface area (TPSA) is 0 Å². The van der Waals surface area contributed by atoms with Crippen molar-refractivity contribution in [2.24, 2.45) is 0 Å². The molecule has 0 radical (unpaired) electrons. The Morgan fingerprint density at radius 2 is 0.596 bits per heavy atom. The maximum absolute atomic E-state index is 2.60. The SMILES string of the molecule is CCC(c1c(C(C)(C)C)cc(C(C)(C)C)cc1C(C)(C)C)c1c(C(C)(C)C)c(C(C)(C)C)c(C(C)(C)C)c(C(C)(C)C)c1C(C)(C)C. The second-order valence-electron chi connectivity index (χ2n) is 23.2. The molecule has 2 aromatic carbocycles. The molecule has 0 heteroatoms. The zero-order chi connectivity index (χ0) is 37.5. The number of hydrogen-bond donors (Lipinski definition) is 0. The van der Waals surface area contributed by atoms with E-state index in [4.69, 9.17) is 0 Å². The third-order valence-electron chi connectivity index (χ3n) is 10.1. The van der Waals surface area contributed by atoms with Gasteiger partial charge in [0.2, 0.25) is 0 Å². The highest BCUT2D eigenvalue weighted by Crippen LogP contribution is 2.56. The minimum Gasteiger partial charge on any atom is -0.0645 e. The van der Waals surface area contributed by atoms with Crippen molar-refractivity contribution in [3.8, 4) is 0 Å². The fourth-order valence-electron chi connectivity index (χ4n) is 8.18. The molecule has 0 spiro atoms. The van der Waals surface area contributed by atoms with Crippen LogP contribution < -0.4 is 0 Å². The molecule has 47 heavy (non-hydrogen) atoms. The van der Waals surface area contributed by atoms with Gasteiger partial charge in [0.1, 0.15) is 0 Å². The molecule has 0 nitrogen and oxygen atoms in total. The fourth-order valence-corrected chi connectivity index (χ4v) is 8.18. The van der Waals surface area contributed by atoms with Crippen molar-refractivity contribution in [1.82, 2.24) is 0 Å². The third-order valence-corrected chi connectivity index (χ3v) is 10.1. The van der Waals surface area contributed by atoms with E-state index in [-0.39, 0.29) is 49.2 Å². The highest BCUT2D eigenvalue weighted by atomic mass is 14.5. The van der Waals surface area contributed by atoms with Crippen LogP contribution in [0.3, 0.4) is 0 Å². The van der Waals surface area contributed by atoms with E-state index in [1.54, 1.807) is 38.9 Å². The van der Waals surface area contributed by atoms with E-state index in [0.29, 0.717) is 0 Å². The first-order valence-electron chi connectivity index (χ1n) is 18.8. The lowest BCUT2D eigenvalue weighted by molar-refractivity contribution is 0.448. The highest BCUT2D eigenvalue weighted by molar-refractivity contribution is 5.66. The predicted molar refractivity (Wildman–Crippen MR) is 215 cm³/mol. The lowest BCUT2D eigenvalue weighted by atomic mass is 9.56. The molecule has 0 saturated carbocycles. The summed E-state index contributed by atoms with van der Waals surface area (Å²) in [5.74, 6) is 0.270. The van der Waals surface area contributed by atoms with Gasteiger partial charge in [-0.05, 0) is 105 Å². The summed E-state index contributed by atoms with van der Waals surface area (Å²) in [4.78, 5) is 0. The van der Waals surface area contributed by atoms with Crippen LogP contribution in [-0.4, -0.2) is 0 Å². The maximum atomic E-state index is 2.60. The lowest BCUT2D eigenvalue weighted by Crippen LogP contribution is -2.38. The first-order valence-corrected chi connectivity index (χ1v) is 18.8. The summed E-state index contributed by atoms with van der Waals surface area (Å²) in [7, 11) is 0. The maximum Gasteiger partial charge on any atom is 0.00986 e. The second-order valence-corrected chi connectivity index (χ2v) is 23.2. The van der Waals surface area contributed by atoms with Crippen LogP contribution in [0.5, 0.6) is 0 Å². The van der Waals surface area contributed by atoms with Crippen molar-refractivity contribution in [3.05, 3.63) is 67.8 Å². The molecule has 2 rings (SSSR count). The van der Waals surface area contributed by atoms with E-state index < -0.39 is 0 Å². The van der Waals surface area contributed by atoms with Crippen LogP contribution >= 0.6 is 0 Å². The molecule has 2 aromatic rings. The Hall–Kier alpha value is -1.56. The molecule has 0 fully saturated rings. The summed E-state index contributed by atoms with van der Waals surface area (Å²) < 4.78 is 0. The Balaban J connectivity index is 3.75. The van der Waals surface area contributed by atoms with Gasteiger partial charge < -0.3 is 0 Å². The quantitative estimate of drug-likeness (QED) is 0.312. The first-order chi connectivity index (χ1) is 20.4. The van der Waals surface area contributed by atoms with Gasteiger partial charge in [-0.3, -0.25) is 0 Å². The molecular weight excluding hydrogens is 565 g/mol. The average Bonchev–Trinajstić information content (AvgIpc) is 2.77. The van der Waals surface area contributed by atoms with Gasteiger partial charge in [0.05, 0.1) is 0 Å². The molecule has 0 N–H and O–H groups in total. The van der Waals surface area contributed by atoms with Crippen LogP contribution in [-0.2, 0) is 43.3 Å². The van der Waals surface area contributed by atoms with Crippen molar-refractivity contribution in [1.29, 1.82) is 0 Å². The first kappa shape index (κ1) is 41.6. The second kappa shape index (κ2) is 12.3. The van der Waals surface area contributed by atoms with Crippen LogP contribution in [0.15, 0.2) is 12.1 Å². The highest BCUT2D eigenvalue weighted by Gasteiger charge is 2.45. The van der Waals surface area contributed by atoms with Crippen LogP contribution in [0.25, 0.3) is 0 Å². The summed E-state index contributed by atoms with van der Waals surface area (Å²) in [6.45, 7) is 61.4. The van der Waals surface area contributed by atoms with Gasteiger partial charge in [-0.2, -0.15) is 0 Å². The van der Waals surface area contributed by atoms with Crippen LogP contribution in [0, 0.1) is 0 Å². The zero-order valence-corrected chi connectivity index (χ0v) is 36.4. The molecule has 0 amide bonds. The van der Waals surface area contributed by atoms with Gasteiger partial charge in [-0.15, -0.1) is 0 Å². The average molecular weight is 645 g/mol. The normalized spacial score (nSPS) is 15.3. The predicted octanol–water partition coefficient (Wildman–Crippen LogP) is 14.6. The molecule has 0 aliphatic heterocycles. The molecule has 1 atom stereocenters. The Morgan fingerprint density at radius 3 is 0.787 bits per heavy atom. The third kappa shape index (κ3) is 8.61. The largest absolute Gasteiger partial charge is 0.0645 e. The molecule has 0 aliphatic carbocycles. The van der Waals surface area contributed by atoms with Crippen LogP contribution in [0.4, 0.5) is 0 Å². The van der Waals surface area contributed by atoms with Gasteiger partial charge >= 0.3 is 0 Å². The lowest BCUT2D eigenvalue weighted by Gasteiger charge is -2.48. The smallest absolute Gasteiger partial charge is 0.00986 e. The summed E-state index contributed by atoms with van der Waals surface area (Å²) in [6, 6.07) is 5.19. The molecule has 0 saturated heterocycles.